The highest BCUT2D eigenvalue weighted by molar-refractivity contribution is 7.94. The third-order valence-electron chi connectivity index (χ3n) is 6.37. The van der Waals surface area contributed by atoms with Crippen LogP contribution >= 0.6 is 35.7 Å². The Kier molecular flexibility index (Phi) is 11.8. The summed E-state index contributed by atoms with van der Waals surface area (Å²) in [6.45, 7) is 1.74. The summed E-state index contributed by atoms with van der Waals surface area (Å²) in [7, 11) is -4.72. The third-order valence-corrected chi connectivity index (χ3v) is 8.79. The Morgan fingerprint density at radius 2 is 1.45 bits per heavy atom. The van der Waals surface area contributed by atoms with Gasteiger partial charge in [-0.3, -0.25) is 4.55 Å². The van der Waals surface area contributed by atoms with Crippen LogP contribution in [-0.2, 0) is 28.9 Å². The summed E-state index contributed by atoms with van der Waals surface area (Å²) in [6.07, 6.45) is -3.08. The van der Waals surface area contributed by atoms with Gasteiger partial charge in [-0.2, -0.15) is 22.9 Å². The van der Waals surface area contributed by atoms with E-state index in [2.05, 4.69) is 49.5 Å². The molecule has 0 saturated heterocycles. The summed E-state index contributed by atoms with van der Waals surface area (Å²) in [5.74, 6) is -0.192. The van der Waals surface area contributed by atoms with Gasteiger partial charge in [-0.05, 0) is 73.2 Å². The van der Waals surface area contributed by atoms with E-state index in [4.69, 9.17) is 22.1 Å². The maximum absolute atomic E-state index is 13.9. The van der Waals surface area contributed by atoms with Crippen LogP contribution in [0.1, 0.15) is 5.56 Å². The number of rotatable bonds is 13. The molecule has 0 radical (unpaired) electrons. The molecule has 1 atom stereocenters. The summed E-state index contributed by atoms with van der Waals surface area (Å²) in [6, 6.07) is 16.4. The fourth-order valence-corrected chi connectivity index (χ4v) is 5.77. The predicted molar refractivity (Wildman–Crippen MR) is 174 cm³/mol. The largest absolute Gasteiger partial charge is 0.339 e. The molecule has 0 fully saturated rings. The zero-order valence-corrected chi connectivity index (χ0v) is 27.5. The fraction of sp³-hybridized carbons (Fsp3) is 0.0741. The lowest BCUT2D eigenvalue weighted by atomic mass is 10.1. The first kappa shape index (κ1) is 36.2. The number of aryl methyl sites for hydroxylation is 1. The Bertz CT molecular complexity index is 2130. The Balaban J connectivity index is 1.48. The molecule has 0 aromatic heterocycles. The first-order chi connectivity index (χ1) is 23.5. The van der Waals surface area contributed by atoms with Gasteiger partial charge in [-0.1, -0.05) is 27.7 Å². The molecule has 0 bridgehead atoms. The van der Waals surface area contributed by atoms with Crippen LogP contribution in [0.5, 0.6) is 0 Å². The maximum Gasteiger partial charge on any atom is 0.296 e. The quantitative estimate of drug-likeness (QED) is 0.0215. The van der Waals surface area contributed by atoms with E-state index < -0.39 is 27.4 Å². The number of amidine groups is 1. The molecule has 4 aromatic rings. The molecule has 1 unspecified atom stereocenters. The molecule has 256 valence electrons. The topological polar surface area (TPSA) is 218 Å². The lowest BCUT2D eigenvalue weighted by Gasteiger charge is -2.18. The monoisotopic (exact) mass is 755 g/mol. The van der Waals surface area contributed by atoms with E-state index in [1.54, 1.807) is 49.4 Å². The Morgan fingerprint density at radius 1 is 0.857 bits per heavy atom. The number of nitrogens with one attached hydrogen (secondary N) is 2. The average molecular weight is 756 g/mol. The van der Waals surface area contributed by atoms with Gasteiger partial charge >= 0.3 is 0 Å². The number of fused-ring (bicyclic) bond motifs is 1. The SMILES string of the molecule is Cc1cc(NC2=C(Cl)C(F)NC(F)=N2)ccc1N=Nc1ccc(N=Nc2cc(SOOO)ccc2S(=O)(=O)O)c2cc(SOOO)ccc12. The molecular formula is C27H20ClF2N7O9S3. The van der Waals surface area contributed by atoms with E-state index in [0.29, 0.717) is 62.4 Å². The highest BCUT2D eigenvalue weighted by atomic mass is 35.5. The zero-order chi connectivity index (χ0) is 35.1. The molecule has 1 aliphatic rings. The van der Waals surface area contributed by atoms with Crippen molar-refractivity contribution in [1.82, 2.24) is 5.32 Å². The van der Waals surface area contributed by atoms with Crippen LogP contribution in [-0.4, -0.2) is 35.9 Å². The number of aliphatic imine (C=N–C) groups is 1. The van der Waals surface area contributed by atoms with E-state index in [1.807, 2.05) is 5.32 Å². The summed E-state index contributed by atoms with van der Waals surface area (Å²) >= 11 is 7.12. The highest BCUT2D eigenvalue weighted by Crippen LogP contribution is 2.39. The standard InChI is InChI=1S/C27H20ClF2N7O9S3/c1-13-10-14(31-26-24(28)25(29)32-27(30)33-26)2-6-19(13)34-35-20-7-8-21(18-11-15(47-45-43-38)3-5-17(18)20)36-37-22-12-16(48-46-44-39)4-9-23(22)49(40,41)42/h2-12,25,31,38-39H,1H3,(H,32,33)(H,40,41,42). The summed E-state index contributed by atoms with van der Waals surface area (Å²) in [4.78, 5) is 3.70. The van der Waals surface area contributed by atoms with E-state index in [0.717, 1.165) is 6.07 Å². The molecular weight excluding hydrogens is 736 g/mol. The van der Waals surface area contributed by atoms with Gasteiger partial charge in [0.2, 0.25) is 6.30 Å². The van der Waals surface area contributed by atoms with Crippen molar-refractivity contribution in [3.63, 3.8) is 0 Å². The highest BCUT2D eigenvalue weighted by Gasteiger charge is 2.23. The van der Waals surface area contributed by atoms with E-state index in [1.165, 1.54) is 18.2 Å². The Labute approximate surface area is 288 Å². The lowest BCUT2D eigenvalue weighted by molar-refractivity contribution is -0.432. The molecule has 16 nitrogen and oxygen atoms in total. The van der Waals surface area contributed by atoms with Crippen LogP contribution in [0, 0.1) is 6.92 Å². The number of azo groups is 2. The van der Waals surface area contributed by atoms with Gasteiger partial charge in [0.25, 0.3) is 16.2 Å². The first-order valence-electron chi connectivity index (χ1n) is 13.2. The van der Waals surface area contributed by atoms with Crippen LogP contribution in [0.3, 0.4) is 0 Å². The van der Waals surface area contributed by atoms with Crippen molar-refractivity contribution >= 4 is 91.1 Å². The van der Waals surface area contributed by atoms with Crippen LogP contribution in [0.15, 0.2) is 118 Å². The van der Waals surface area contributed by atoms with Crippen LogP contribution in [0.4, 0.5) is 37.2 Å². The van der Waals surface area contributed by atoms with Gasteiger partial charge in [0.05, 0.1) is 41.1 Å². The molecule has 4 aromatic carbocycles. The van der Waals surface area contributed by atoms with E-state index in [-0.39, 0.29) is 27.1 Å². The molecule has 0 saturated carbocycles. The minimum Gasteiger partial charge on any atom is -0.339 e. The second-order valence-corrected chi connectivity index (χ2v) is 12.8. The molecule has 1 aliphatic heterocycles. The van der Waals surface area contributed by atoms with Crippen molar-refractivity contribution in [2.24, 2.45) is 25.4 Å². The summed E-state index contributed by atoms with van der Waals surface area (Å²) < 4.78 is 70.0. The van der Waals surface area contributed by atoms with Crippen LogP contribution in [0.25, 0.3) is 10.8 Å². The molecule has 0 spiro atoms. The number of benzene rings is 4. The molecule has 1 heterocycles. The van der Waals surface area contributed by atoms with Crippen molar-refractivity contribution in [3.8, 4) is 0 Å². The van der Waals surface area contributed by atoms with Gasteiger partial charge in [0.1, 0.15) is 15.6 Å². The minimum atomic E-state index is -4.72. The third kappa shape index (κ3) is 9.11. The zero-order valence-electron chi connectivity index (χ0n) is 24.3. The second kappa shape index (κ2) is 16.1. The average Bonchev–Trinajstić information content (AvgIpc) is 3.07. The molecule has 5 rings (SSSR count). The number of nitrogens with zero attached hydrogens (tertiary/aromatic N) is 5. The molecule has 0 aliphatic carbocycles. The van der Waals surface area contributed by atoms with Gasteiger partial charge in [0, 0.05) is 26.3 Å². The molecule has 49 heavy (non-hydrogen) atoms. The normalized spacial score (nSPS) is 15.3. The van der Waals surface area contributed by atoms with Crippen LogP contribution < -0.4 is 10.6 Å². The van der Waals surface area contributed by atoms with Gasteiger partial charge in [0.15, 0.2) is 5.82 Å². The summed E-state index contributed by atoms with van der Waals surface area (Å²) in [5.41, 5.74) is 1.88. The smallest absolute Gasteiger partial charge is 0.296 e. The number of halogens is 3. The van der Waals surface area contributed by atoms with Gasteiger partial charge in [-0.15, -0.1) is 24.0 Å². The Morgan fingerprint density at radius 3 is 2.10 bits per heavy atom. The minimum absolute atomic E-state index is 0.192. The van der Waals surface area contributed by atoms with Gasteiger partial charge < -0.3 is 10.6 Å². The molecule has 0 amide bonds. The fourth-order valence-electron chi connectivity index (χ4n) is 4.23. The van der Waals surface area contributed by atoms with Crippen molar-refractivity contribution in [2.45, 2.75) is 27.9 Å². The number of alkyl halides is 1. The van der Waals surface area contributed by atoms with Crippen molar-refractivity contribution in [1.29, 1.82) is 0 Å². The maximum atomic E-state index is 13.9. The second-order valence-electron chi connectivity index (χ2n) is 9.50. The number of hydrogen-bond donors (Lipinski definition) is 5. The Hall–Kier alpha value is -4.13. The molecule has 5 N–H and O–H groups in total. The van der Waals surface area contributed by atoms with E-state index in [9.17, 15) is 21.8 Å². The van der Waals surface area contributed by atoms with E-state index >= 15 is 0 Å². The first-order valence-corrected chi connectivity index (χ1v) is 16.5. The predicted octanol–water partition coefficient (Wildman–Crippen LogP) is 9.13. The van der Waals surface area contributed by atoms with Crippen molar-refractivity contribution in [2.75, 3.05) is 5.32 Å². The molecule has 22 heteroatoms. The van der Waals surface area contributed by atoms with Crippen molar-refractivity contribution < 1.29 is 51.0 Å². The van der Waals surface area contributed by atoms with Crippen LogP contribution in [0.2, 0.25) is 0 Å². The van der Waals surface area contributed by atoms with Gasteiger partial charge in [-0.25, -0.2) is 14.9 Å². The number of anilines is 1. The van der Waals surface area contributed by atoms with Crippen molar-refractivity contribution in [3.05, 3.63) is 83.1 Å². The lowest BCUT2D eigenvalue weighted by Crippen LogP contribution is -2.34. The number of hydrogen-bond acceptors (Lipinski definition) is 17. The summed E-state index contributed by atoms with van der Waals surface area (Å²) in [5, 5.41) is 46.5.